The molecule has 146 valence electrons. The molecule has 0 atom stereocenters. The van der Waals surface area contributed by atoms with Crippen LogP contribution in [-0.2, 0) is 0 Å². The Morgan fingerprint density at radius 3 is 1.68 bits per heavy atom. The Bertz CT molecular complexity index is 338. The smallest absolute Gasteiger partial charge is 0.0224 e. The van der Waals surface area contributed by atoms with Crippen LogP contribution in [0, 0.1) is 0 Å². The van der Waals surface area contributed by atoms with Crippen molar-refractivity contribution in [2.45, 2.75) is 96.8 Å². The molecule has 0 radical (unpaired) electrons. The number of hydrogen-bond acceptors (Lipinski definition) is 1. The molecule has 0 fully saturated rings. The summed E-state index contributed by atoms with van der Waals surface area (Å²) in [7, 11) is 4.22. The zero-order valence-corrected chi connectivity index (χ0v) is 17.6. The summed E-state index contributed by atoms with van der Waals surface area (Å²) in [5.74, 6) is 0. The SMILES string of the molecule is C=C/C(=C\CCCCCCC/C=C/CCCCCCCC)CN(C)C. The van der Waals surface area contributed by atoms with E-state index in [1.54, 1.807) is 0 Å². The van der Waals surface area contributed by atoms with Gasteiger partial charge in [0.25, 0.3) is 0 Å². The molecule has 1 nitrogen and oxygen atoms in total. The minimum atomic E-state index is 1.01. The minimum absolute atomic E-state index is 1.01. The molecule has 0 bridgehead atoms. The highest BCUT2D eigenvalue weighted by atomic mass is 15.0. The molecule has 0 saturated heterocycles. The summed E-state index contributed by atoms with van der Waals surface area (Å²) in [5, 5.41) is 0. The van der Waals surface area contributed by atoms with Crippen molar-refractivity contribution in [1.29, 1.82) is 0 Å². The normalized spacial score (nSPS) is 12.4. The molecule has 0 saturated carbocycles. The summed E-state index contributed by atoms with van der Waals surface area (Å²) in [6.45, 7) is 7.20. The average Bonchev–Trinajstić information content (AvgIpc) is 2.60. The lowest BCUT2D eigenvalue weighted by Gasteiger charge is -2.10. The van der Waals surface area contributed by atoms with E-state index in [9.17, 15) is 0 Å². The number of rotatable bonds is 18. The first kappa shape index (κ1) is 24.2. The monoisotopic (exact) mass is 347 g/mol. The van der Waals surface area contributed by atoms with Crippen LogP contribution in [0.3, 0.4) is 0 Å². The van der Waals surface area contributed by atoms with Gasteiger partial charge in [0.1, 0.15) is 0 Å². The quantitative estimate of drug-likeness (QED) is 0.139. The molecule has 25 heavy (non-hydrogen) atoms. The highest BCUT2D eigenvalue weighted by molar-refractivity contribution is 5.17. The van der Waals surface area contributed by atoms with Gasteiger partial charge in [0.05, 0.1) is 0 Å². The van der Waals surface area contributed by atoms with Crippen molar-refractivity contribution in [3.05, 3.63) is 36.5 Å². The van der Waals surface area contributed by atoms with Crippen LogP contribution in [0.15, 0.2) is 36.5 Å². The maximum Gasteiger partial charge on any atom is 0.0224 e. The van der Waals surface area contributed by atoms with Gasteiger partial charge in [-0.25, -0.2) is 0 Å². The van der Waals surface area contributed by atoms with E-state index in [1.165, 1.54) is 95.5 Å². The van der Waals surface area contributed by atoms with Crippen molar-refractivity contribution in [3.8, 4) is 0 Å². The Morgan fingerprint density at radius 2 is 1.20 bits per heavy atom. The third-order valence-corrected chi connectivity index (χ3v) is 4.63. The first-order chi connectivity index (χ1) is 12.2. The summed E-state index contributed by atoms with van der Waals surface area (Å²) in [6.07, 6.45) is 28.2. The zero-order chi connectivity index (χ0) is 18.6. The predicted molar refractivity (Wildman–Crippen MR) is 116 cm³/mol. The molecule has 0 rings (SSSR count). The van der Waals surface area contributed by atoms with Gasteiger partial charge in [0.2, 0.25) is 0 Å². The molecule has 0 aliphatic rings. The summed E-state index contributed by atoms with van der Waals surface area (Å²) in [6, 6.07) is 0. The first-order valence-electron chi connectivity index (χ1n) is 10.8. The largest absolute Gasteiger partial charge is 0.305 e. The number of nitrogens with zero attached hydrogens (tertiary/aromatic N) is 1. The van der Waals surface area contributed by atoms with Gasteiger partial charge in [0.15, 0.2) is 0 Å². The molecule has 0 amide bonds. The maximum atomic E-state index is 3.90. The van der Waals surface area contributed by atoms with E-state index in [2.05, 4.69) is 50.7 Å². The fourth-order valence-corrected chi connectivity index (χ4v) is 3.08. The van der Waals surface area contributed by atoms with Crippen LogP contribution < -0.4 is 0 Å². The maximum absolute atomic E-state index is 3.90. The number of likely N-dealkylation sites (N-methyl/N-ethyl adjacent to an activating group) is 1. The molecule has 0 aliphatic carbocycles. The van der Waals surface area contributed by atoms with Crippen LogP contribution >= 0.6 is 0 Å². The van der Waals surface area contributed by atoms with Gasteiger partial charge in [-0.15, -0.1) is 0 Å². The Labute approximate surface area is 159 Å². The molecule has 1 heteroatoms. The van der Waals surface area contributed by atoms with E-state index in [4.69, 9.17) is 0 Å². The lowest BCUT2D eigenvalue weighted by Crippen LogP contribution is -2.14. The Kier molecular flexibility index (Phi) is 18.9. The lowest BCUT2D eigenvalue weighted by molar-refractivity contribution is 0.448. The second-order valence-electron chi connectivity index (χ2n) is 7.59. The molecule has 0 heterocycles. The Balaban J connectivity index is 3.34. The van der Waals surface area contributed by atoms with Crippen LogP contribution in [0.2, 0.25) is 0 Å². The average molecular weight is 348 g/mol. The molecule has 0 spiro atoms. The van der Waals surface area contributed by atoms with Gasteiger partial charge >= 0.3 is 0 Å². The van der Waals surface area contributed by atoms with Crippen molar-refractivity contribution in [1.82, 2.24) is 4.90 Å². The van der Waals surface area contributed by atoms with Crippen LogP contribution in [-0.4, -0.2) is 25.5 Å². The summed E-state index contributed by atoms with van der Waals surface area (Å²) in [5.41, 5.74) is 1.36. The van der Waals surface area contributed by atoms with Crippen molar-refractivity contribution in [2.24, 2.45) is 0 Å². The molecular formula is C24H45N. The number of unbranched alkanes of at least 4 members (excludes halogenated alkanes) is 12. The highest BCUT2D eigenvalue weighted by Crippen LogP contribution is 2.11. The summed E-state index contributed by atoms with van der Waals surface area (Å²) < 4.78 is 0. The van der Waals surface area contributed by atoms with E-state index >= 15 is 0 Å². The van der Waals surface area contributed by atoms with Gasteiger partial charge in [-0.1, -0.05) is 89.2 Å². The van der Waals surface area contributed by atoms with Gasteiger partial charge < -0.3 is 4.90 Å². The topological polar surface area (TPSA) is 3.24 Å². The van der Waals surface area contributed by atoms with Gasteiger partial charge in [-0.3, -0.25) is 0 Å². The number of hydrogen-bond donors (Lipinski definition) is 0. The highest BCUT2D eigenvalue weighted by Gasteiger charge is 1.95. The van der Waals surface area contributed by atoms with Crippen molar-refractivity contribution >= 4 is 0 Å². The van der Waals surface area contributed by atoms with E-state index in [-0.39, 0.29) is 0 Å². The number of allylic oxidation sites excluding steroid dienone is 3. The van der Waals surface area contributed by atoms with Gasteiger partial charge in [0, 0.05) is 6.54 Å². The van der Waals surface area contributed by atoms with E-state index in [0.717, 1.165) is 6.54 Å². The Hall–Kier alpha value is -0.820. The summed E-state index contributed by atoms with van der Waals surface area (Å²) in [4.78, 5) is 2.20. The van der Waals surface area contributed by atoms with Crippen LogP contribution in [0.25, 0.3) is 0 Å². The van der Waals surface area contributed by atoms with Crippen LogP contribution in [0.5, 0.6) is 0 Å². The first-order valence-corrected chi connectivity index (χ1v) is 10.8. The second-order valence-corrected chi connectivity index (χ2v) is 7.59. The van der Waals surface area contributed by atoms with Crippen molar-refractivity contribution in [2.75, 3.05) is 20.6 Å². The van der Waals surface area contributed by atoms with Crippen molar-refractivity contribution < 1.29 is 0 Å². The fourth-order valence-electron chi connectivity index (χ4n) is 3.08. The zero-order valence-electron chi connectivity index (χ0n) is 17.6. The Morgan fingerprint density at radius 1 is 0.720 bits per heavy atom. The lowest BCUT2D eigenvalue weighted by atomic mass is 10.1. The molecule has 0 aromatic rings. The van der Waals surface area contributed by atoms with Crippen LogP contribution in [0.4, 0.5) is 0 Å². The molecule has 0 aromatic heterocycles. The molecule has 0 aromatic carbocycles. The van der Waals surface area contributed by atoms with Gasteiger partial charge in [-0.2, -0.15) is 0 Å². The van der Waals surface area contributed by atoms with E-state index in [1.807, 2.05) is 6.08 Å². The van der Waals surface area contributed by atoms with Crippen molar-refractivity contribution in [3.63, 3.8) is 0 Å². The third-order valence-electron chi connectivity index (χ3n) is 4.63. The van der Waals surface area contributed by atoms with E-state index in [0.29, 0.717) is 0 Å². The van der Waals surface area contributed by atoms with Gasteiger partial charge in [-0.05, 0) is 58.2 Å². The van der Waals surface area contributed by atoms with E-state index < -0.39 is 0 Å². The molecule has 0 aliphatic heterocycles. The van der Waals surface area contributed by atoms with Crippen LogP contribution in [0.1, 0.15) is 96.8 Å². The molecule has 0 N–H and O–H groups in total. The molecular weight excluding hydrogens is 302 g/mol. The molecule has 0 unspecified atom stereocenters. The summed E-state index contributed by atoms with van der Waals surface area (Å²) >= 11 is 0. The predicted octanol–water partition coefficient (Wildman–Crippen LogP) is 7.70. The third kappa shape index (κ3) is 19.4. The fraction of sp³-hybridized carbons (Fsp3) is 0.750. The second kappa shape index (κ2) is 19.5. The standard InChI is InChI=1S/C24H45N/c1-5-7-8-9-10-11-12-13-14-15-16-17-18-19-20-21-22-24(6-2)23-25(3)4/h6,13-14,22H,2,5,7-12,15-21,23H2,1,3-4H3/b14-13+,24-22+. The minimum Gasteiger partial charge on any atom is -0.305 e.